The van der Waals surface area contributed by atoms with Gasteiger partial charge in [0.05, 0.1) is 31.2 Å². The first kappa shape index (κ1) is 21.1. The number of benzene rings is 2. The number of hydrogen-bond acceptors (Lipinski definition) is 4. The Labute approximate surface area is 173 Å². The maximum Gasteiger partial charge on any atom is 0.336 e. The lowest BCUT2D eigenvalue weighted by Gasteiger charge is -2.33. The van der Waals surface area contributed by atoms with Gasteiger partial charge in [-0.15, -0.1) is 0 Å². The molecule has 29 heavy (non-hydrogen) atoms. The molecule has 6 nitrogen and oxygen atoms in total. The van der Waals surface area contributed by atoms with Crippen LogP contribution in [0.1, 0.15) is 12.0 Å². The summed E-state index contributed by atoms with van der Waals surface area (Å²) in [4.78, 5) is 13.0. The highest BCUT2D eigenvalue weighted by atomic mass is 35.5. The first-order valence-corrected chi connectivity index (χ1v) is 11.0. The molecule has 0 saturated heterocycles. The van der Waals surface area contributed by atoms with Crippen LogP contribution in [0.2, 0.25) is 5.02 Å². The summed E-state index contributed by atoms with van der Waals surface area (Å²) in [5, 5.41) is 1.05. The third-order valence-corrected chi connectivity index (χ3v) is 5.58. The van der Waals surface area contributed by atoms with E-state index in [0.717, 1.165) is 6.26 Å². The Kier molecular flexibility index (Phi) is 5.86. The van der Waals surface area contributed by atoms with Gasteiger partial charge in [0.2, 0.25) is 10.0 Å². The fourth-order valence-corrected chi connectivity index (χ4v) is 4.25. The molecule has 3 aromatic rings. The van der Waals surface area contributed by atoms with Crippen LogP contribution in [-0.4, -0.2) is 39.0 Å². The van der Waals surface area contributed by atoms with E-state index < -0.39 is 28.2 Å². The van der Waals surface area contributed by atoms with Crippen LogP contribution >= 0.6 is 11.6 Å². The number of carbonyl (C=O) groups excluding carboxylic acids is 1. The molecule has 3 rings (SSSR count). The van der Waals surface area contributed by atoms with Gasteiger partial charge in [-0.3, -0.25) is 9.11 Å². The van der Waals surface area contributed by atoms with Crippen molar-refractivity contribution in [2.45, 2.75) is 12.0 Å². The van der Waals surface area contributed by atoms with Gasteiger partial charge in [0.15, 0.2) is 5.54 Å². The average Bonchev–Trinajstić information content (AvgIpc) is 3.11. The molecule has 1 heterocycles. The fraction of sp³-hybridized carbons (Fsp3) is 0.250. The molecule has 0 radical (unpaired) electrons. The summed E-state index contributed by atoms with van der Waals surface area (Å²) in [6.07, 6.45) is 2.51. The number of hydrogen-bond donors (Lipinski definition) is 1. The van der Waals surface area contributed by atoms with Crippen LogP contribution in [0.4, 0.5) is 10.1 Å². The zero-order valence-electron chi connectivity index (χ0n) is 15.9. The van der Waals surface area contributed by atoms with Gasteiger partial charge in [-0.25, -0.2) is 13.2 Å². The molecule has 0 aliphatic heterocycles. The van der Waals surface area contributed by atoms with Crippen molar-refractivity contribution < 1.29 is 22.3 Å². The molecule has 154 valence electrons. The molecule has 0 bridgehead atoms. The lowest BCUT2D eigenvalue weighted by molar-refractivity contribution is -0.149. The number of nitrogens with one attached hydrogen (secondary N) is 1. The van der Waals surface area contributed by atoms with Crippen molar-refractivity contribution in [1.82, 2.24) is 4.57 Å². The molecule has 1 N–H and O–H groups in total. The van der Waals surface area contributed by atoms with E-state index in [0.29, 0.717) is 27.2 Å². The molecular weight excluding hydrogens is 419 g/mol. The Balaban J connectivity index is 2.31. The number of methoxy groups -OCH3 is 1. The third-order valence-electron chi connectivity index (χ3n) is 4.74. The summed E-state index contributed by atoms with van der Waals surface area (Å²) in [5.41, 5.74) is -0.0729. The van der Waals surface area contributed by atoms with Crippen LogP contribution in [0.5, 0.6) is 0 Å². The maximum absolute atomic E-state index is 13.7. The van der Waals surface area contributed by atoms with E-state index in [1.807, 2.05) is 0 Å². The minimum absolute atomic E-state index is 0.172. The zero-order chi connectivity index (χ0) is 21.2. The van der Waals surface area contributed by atoms with E-state index in [1.54, 1.807) is 59.3 Å². The average molecular weight is 439 g/mol. The first-order valence-electron chi connectivity index (χ1n) is 8.71. The number of alkyl halides is 1. The zero-order valence-corrected chi connectivity index (χ0v) is 17.4. The number of sulfonamides is 1. The molecule has 2 aromatic carbocycles. The lowest BCUT2D eigenvalue weighted by atomic mass is 9.86. The standard InChI is InChI=1S/C20H20ClFN2O4S/c1-28-19(25)20(11-12-22,14-6-8-15(21)9-7-14)24-13-10-16-17(23-29(2,26)27)4-3-5-18(16)24/h3-10,13,23H,11-12H2,1-2H3. The van der Waals surface area contributed by atoms with Crippen molar-refractivity contribution in [1.29, 1.82) is 0 Å². The van der Waals surface area contributed by atoms with E-state index in [9.17, 15) is 17.6 Å². The highest BCUT2D eigenvalue weighted by Crippen LogP contribution is 2.38. The minimum Gasteiger partial charge on any atom is -0.467 e. The number of nitrogens with zero attached hydrogens (tertiary/aromatic N) is 1. The Hall–Kier alpha value is -2.58. The number of carbonyl (C=O) groups is 1. The van der Waals surface area contributed by atoms with Crippen molar-refractivity contribution in [3.05, 3.63) is 65.3 Å². The molecule has 9 heteroatoms. The van der Waals surface area contributed by atoms with Gasteiger partial charge < -0.3 is 9.30 Å². The number of anilines is 1. The van der Waals surface area contributed by atoms with Gasteiger partial charge in [0.1, 0.15) is 0 Å². The van der Waals surface area contributed by atoms with Crippen LogP contribution in [0.25, 0.3) is 10.9 Å². The Bertz CT molecular complexity index is 1150. The summed E-state index contributed by atoms with van der Waals surface area (Å²) in [7, 11) is -2.26. The predicted molar refractivity (Wildman–Crippen MR) is 112 cm³/mol. The van der Waals surface area contributed by atoms with E-state index in [1.165, 1.54) is 7.11 Å². The minimum atomic E-state index is -3.51. The summed E-state index contributed by atoms with van der Waals surface area (Å²) in [5.74, 6) is -0.642. The Morgan fingerprint density at radius 2 is 1.90 bits per heavy atom. The third kappa shape index (κ3) is 3.95. The van der Waals surface area contributed by atoms with Gasteiger partial charge in [-0.2, -0.15) is 0 Å². The smallest absolute Gasteiger partial charge is 0.336 e. The van der Waals surface area contributed by atoms with Gasteiger partial charge in [0.25, 0.3) is 0 Å². The molecule has 1 unspecified atom stereocenters. The molecule has 0 aliphatic rings. The number of halogens is 2. The first-order chi connectivity index (χ1) is 13.7. The molecule has 1 atom stereocenters. The number of esters is 1. The van der Waals surface area contributed by atoms with E-state index in [-0.39, 0.29) is 6.42 Å². The van der Waals surface area contributed by atoms with Gasteiger partial charge in [-0.05, 0) is 35.9 Å². The van der Waals surface area contributed by atoms with Crippen molar-refractivity contribution in [3.63, 3.8) is 0 Å². The second-order valence-corrected chi connectivity index (χ2v) is 8.78. The summed E-state index contributed by atoms with van der Waals surface area (Å²) >= 11 is 5.99. The van der Waals surface area contributed by atoms with Crippen LogP contribution in [0.15, 0.2) is 54.7 Å². The summed E-state index contributed by atoms with van der Waals surface area (Å²) < 4.78 is 46.3. The molecule has 0 spiro atoms. The van der Waals surface area contributed by atoms with Crippen LogP contribution < -0.4 is 4.72 Å². The van der Waals surface area contributed by atoms with Gasteiger partial charge in [0, 0.05) is 23.0 Å². The monoisotopic (exact) mass is 438 g/mol. The molecule has 0 aliphatic carbocycles. The normalized spacial score (nSPS) is 13.8. The number of rotatable bonds is 7. The molecule has 0 saturated carbocycles. The van der Waals surface area contributed by atoms with E-state index in [4.69, 9.17) is 16.3 Å². The van der Waals surface area contributed by atoms with Crippen molar-refractivity contribution in [2.24, 2.45) is 0 Å². The van der Waals surface area contributed by atoms with Crippen molar-refractivity contribution in [2.75, 3.05) is 24.8 Å². The summed E-state index contributed by atoms with van der Waals surface area (Å²) in [6.45, 7) is -0.779. The highest BCUT2D eigenvalue weighted by Gasteiger charge is 2.44. The molecular formula is C20H20ClFN2O4S. The van der Waals surface area contributed by atoms with Crippen molar-refractivity contribution in [3.8, 4) is 0 Å². The number of fused-ring (bicyclic) bond motifs is 1. The Morgan fingerprint density at radius 3 is 2.48 bits per heavy atom. The highest BCUT2D eigenvalue weighted by molar-refractivity contribution is 7.92. The van der Waals surface area contributed by atoms with Gasteiger partial charge in [-0.1, -0.05) is 29.8 Å². The SMILES string of the molecule is COC(=O)C(CCF)(c1ccc(Cl)cc1)n1ccc2c(NS(C)(=O)=O)cccc21. The van der Waals surface area contributed by atoms with Gasteiger partial charge >= 0.3 is 5.97 Å². The fourth-order valence-electron chi connectivity index (χ4n) is 3.54. The molecule has 1 aromatic heterocycles. The van der Waals surface area contributed by atoms with E-state index >= 15 is 0 Å². The van der Waals surface area contributed by atoms with Crippen LogP contribution in [-0.2, 0) is 25.1 Å². The van der Waals surface area contributed by atoms with Crippen molar-refractivity contribution >= 4 is 44.2 Å². The van der Waals surface area contributed by atoms with Crippen LogP contribution in [0.3, 0.4) is 0 Å². The molecule has 0 fully saturated rings. The Morgan fingerprint density at radius 1 is 1.21 bits per heavy atom. The largest absolute Gasteiger partial charge is 0.467 e. The second-order valence-electron chi connectivity index (χ2n) is 6.60. The topological polar surface area (TPSA) is 77.4 Å². The lowest BCUT2D eigenvalue weighted by Crippen LogP contribution is -2.44. The second kappa shape index (κ2) is 8.04. The number of ether oxygens (including phenoxy) is 1. The maximum atomic E-state index is 13.7. The van der Waals surface area contributed by atoms with Crippen LogP contribution in [0, 0.1) is 0 Å². The predicted octanol–water partition coefficient (Wildman–Crippen LogP) is 3.94. The quantitative estimate of drug-likeness (QED) is 0.567. The molecule has 0 amide bonds. The summed E-state index contributed by atoms with van der Waals surface area (Å²) in [6, 6.07) is 13.2. The van der Waals surface area contributed by atoms with E-state index in [2.05, 4.69) is 4.72 Å². The number of aromatic nitrogens is 1.